The van der Waals surface area contributed by atoms with Crippen LogP contribution < -0.4 is 10.1 Å². The Morgan fingerprint density at radius 1 is 1.10 bits per heavy atom. The van der Waals surface area contributed by atoms with Crippen LogP contribution in [0.5, 0.6) is 5.75 Å². The first kappa shape index (κ1) is 19.1. The van der Waals surface area contributed by atoms with Crippen LogP contribution in [0.25, 0.3) is 11.3 Å². The molecule has 1 aliphatic rings. The molecule has 1 aromatic heterocycles. The van der Waals surface area contributed by atoms with E-state index in [9.17, 15) is 4.79 Å². The summed E-state index contributed by atoms with van der Waals surface area (Å²) in [7, 11) is 0. The van der Waals surface area contributed by atoms with Crippen LogP contribution in [0.15, 0.2) is 54.7 Å². The first-order valence-corrected chi connectivity index (χ1v) is 10.0. The van der Waals surface area contributed by atoms with Crippen molar-refractivity contribution in [2.75, 3.05) is 31.6 Å². The van der Waals surface area contributed by atoms with Crippen LogP contribution >= 0.6 is 0 Å². The molecule has 2 N–H and O–H groups in total. The molecule has 1 fully saturated rings. The second-order valence-electron chi connectivity index (χ2n) is 7.17. The zero-order valence-electron chi connectivity index (χ0n) is 16.3. The van der Waals surface area contributed by atoms with Crippen LogP contribution in [0.3, 0.4) is 0 Å². The molecule has 1 aliphatic heterocycles. The van der Waals surface area contributed by atoms with E-state index in [0.29, 0.717) is 17.9 Å². The molecule has 150 valence electrons. The lowest BCUT2D eigenvalue weighted by Gasteiger charge is -2.26. The van der Waals surface area contributed by atoms with E-state index in [2.05, 4.69) is 25.6 Å². The van der Waals surface area contributed by atoms with Crippen molar-refractivity contribution in [2.24, 2.45) is 0 Å². The van der Waals surface area contributed by atoms with E-state index in [1.54, 1.807) is 18.3 Å². The molecule has 29 heavy (non-hydrogen) atoms. The fraction of sp³-hybridized carbons (Fsp3) is 0.318. The predicted octanol–water partition coefficient (Wildman–Crippen LogP) is 3.59. The van der Waals surface area contributed by atoms with Gasteiger partial charge < -0.3 is 10.1 Å². The summed E-state index contributed by atoms with van der Waals surface area (Å²) in [5.41, 5.74) is 2.90. The lowest BCUT2D eigenvalue weighted by molar-refractivity contribution is 0.102. The number of likely N-dealkylation sites (tertiary alicyclic amines) is 1. The number of aromatic nitrogens is 3. The van der Waals surface area contributed by atoms with Gasteiger partial charge in [-0.1, -0.05) is 18.6 Å². The lowest BCUT2D eigenvalue weighted by Crippen LogP contribution is -2.33. The predicted molar refractivity (Wildman–Crippen MR) is 112 cm³/mol. The first-order valence-electron chi connectivity index (χ1n) is 10.0. The molecular weight excluding hydrogens is 366 g/mol. The van der Waals surface area contributed by atoms with E-state index >= 15 is 0 Å². The van der Waals surface area contributed by atoms with E-state index in [0.717, 1.165) is 23.6 Å². The molecule has 2 aromatic carbocycles. The van der Waals surface area contributed by atoms with E-state index in [1.807, 2.05) is 36.4 Å². The first-order chi connectivity index (χ1) is 14.3. The Balaban J connectivity index is 1.30. The van der Waals surface area contributed by atoms with Crippen molar-refractivity contribution < 1.29 is 9.53 Å². The van der Waals surface area contributed by atoms with Gasteiger partial charge in [-0.3, -0.25) is 9.69 Å². The molecule has 0 unspecified atom stereocenters. The third kappa shape index (κ3) is 5.20. The van der Waals surface area contributed by atoms with Gasteiger partial charge in [-0.15, -0.1) is 0 Å². The summed E-state index contributed by atoms with van der Waals surface area (Å²) in [6.45, 7) is 3.95. The minimum atomic E-state index is -0.165. The van der Waals surface area contributed by atoms with E-state index in [1.165, 1.54) is 32.4 Å². The van der Waals surface area contributed by atoms with Gasteiger partial charge in [0.1, 0.15) is 18.1 Å². The third-order valence-electron chi connectivity index (χ3n) is 5.07. The summed E-state index contributed by atoms with van der Waals surface area (Å²) in [6.07, 6.45) is 5.55. The van der Waals surface area contributed by atoms with Crippen LogP contribution in [0.2, 0.25) is 0 Å². The highest BCUT2D eigenvalue weighted by molar-refractivity contribution is 6.04. The van der Waals surface area contributed by atoms with E-state index in [-0.39, 0.29) is 5.91 Å². The molecule has 2 heterocycles. The van der Waals surface area contributed by atoms with Crippen LogP contribution in [-0.2, 0) is 0 Å². The Hall–Kier alpha value is -3.19. The maximum absolute atomic E-state index is 12.6. The fourth-order valence-electron chi connectivity index (χ4n) is 3.48. The molecule has 0 aliphatic carbocycles. The molecule has 7 nitrogen and oxygen atoms in total. The molecule has 4 rings (SSSR count). The molecule has 0 atom stereocenters. The number of anilines is 1. The Morgan fingerprint density at radius 3 is 2.69 bits per heavy atom. The van der Waals surface area contributed by atoms with Gasteiger partial charge in [0.15, 0.2) is 0 Å². The van der Waals surface area contributed by atoms with Gasteiger partial charge in [0.25, 0.3) is 5.91 Å². The van der Waals surface area contributed by atoms with Crippen molar-refractivity contribution in [2.45, 2.75) is 19.3 Å². The molecule has 0 saturated carbocycles. The van der Waals surface area contributed by atoms with Crippen LogP contribution in [-0.4, -0.2) is 52.5 Å². The van der Waals surface area contributed by atoms with Gasteiger partial charge in [0.2, 0.25) is 0 Å². The van der Waals surface area contributed by atoms with Crippen molar-refractivity contribution >= 4 is 11.6 Å². The average Bonchev–Trinajstić information content (AvgIpc) is 3.30. The second-order valence-corrected chi connectivity index (χ2v) is 7.17. The quantitative estimate of drug-likeness (QED) is 0.643. The molecular formula is C22H25N5O2. The smallest absolute Gasteiger partial charge is 0.255 e. The number of piperidine rings is 1. The van der Waals surface area contributed by atoms with E-state index < -0.39 is 0 Å². The van der Waals surface area contributed by atoms with Gasteiger partial charge in [-0.05, 0) is 62.3 Å². The van der Waals surface area contributed by atoms with Crippen molar-refractivity contribution in [1.29, 1.82) is 0 Å². The monoisotopic (exact) mass is 391 g/mol. The number of aromatic amines is 1. The normalized spacial score (nSPS) is 14.5. The number of amides is 1. The van der Waals surface area contributed by atoms with Crippen LogP contribution in [0.4, 0.5) is 5.69 Å². The summed E-state index contributed by atoms with van der Waals surface area (Å²) >= 11 is 0. The maximum atomic E-state index is 12.6. The highest BCUT2D eigenvalue weighted by atomic mass is 16.5. The molecule has 1 amide bonds. The van der Waals surface area contributed by atoms with Gasteiger partial charge in [0.05, 0.1) is 6.20 Å². The number of H-pyrrole nitrogens is 1. The maximum Gasteiger partial charge on any atom is 0.255 e. The van der Waals surface area contributed by atoms with Gasteiger partial charge in [-0.2, -0.15) is 15.4 Å². The van der Waals surface area contributed by atoms with Crippen molar-refractivity contribution in [3.05, 3.63) is 60.3 Å². The minimum absolute atomic E-state index is 0.165. The largest absolute Gasteiger partial charge is 0.492 e. The third-order valence-corrected chi connectivity index (χ3v) is 5.07. The van der Waals surface area contributed by atoms with Gasteiger partial charge >= 0.3 is 0 Å². The molecule has 1 saturated heterocycles. The number of benzene rings is 2. The average molecular weight is 391 g/mol. The van der Waals surface area contributed by atoms with Crippen LogP contribution in [0, 0.1) is 0 Å². The van der Waals surface area contributed by atoms with Crippen molar-refractivity contribution in [3.63, 3.8) is 0 Å². The van der Waals surface area contributed by atoms with Gasteiger partial charge in [0, 0.05) is 23.4 Å². The molecule has 0 bridgehead atoms. The summed E-state index contributed by atoms with van der Waals surface area (Å²) in [6, 6.07) is 14.8. The standard InChI is InChI=1S/C22H25N5O2/c28-22(24-19-6-4-5-18(15-19)21-16-23-26-25-21)17-7-9-20(10-8-17)29-14-13-27-11-2-1-3-12-27/h4-10,15-16H,1-3,11-14H2,(H,24,28)(H,23,25,26). The lowest BCUT2D eigenvalue weighted by atomic mass is 10.1. The molecule has 3 aromatic rings. The summed E-state index contributed by atoms with van der Waals surface area (Å²) in [5, 5.41) is 13.4. The van der Waals surface area contributed by atoms with Crippen molar-refractivity contribution in [3.8, 4) is 17.0 Å². The Morgan fingerprint density at radius 2 is 1.93 bits per heavy atom. The fourth-order valence-corrected chi connectivity index (χ4v) is 3.48. The molecule has 0 radical (unpaired) electrons. The Bertz CT molecular complexity index is 919. The number of carbonyl (C=O) groups excluding carboxylic acids is 1. The van der Waals surface area contributed by atoms with E-state index in [4.69, 9.17) is 4.74 Å². The zero-order valence-corrected chi connectivity index (χ0v) is 16.3. The number of hydrogen-bond acceptors (Lipinski definition) is 5. The summed E-state index contributed by atoms with van der Waals surface area (Å²) in [4.78, 5) is 15.0. The number of hydrogen-bond donors (Lipinski definition) is 2. The molecule has 0 spiro atoms. The summed E-state index contributed by atoms with van der Waals surface area (Å²) in [5.74, 6) is 0.619. The number of carbonyl (C=O) groups is 1. The van der Waals surface area contributed by atoms with Gasteiger partial charge in [-0.25, -0.2) is 0 Å². The SMILES string of the molecule is O=C(Nc1cccc(-c2cn[nH]n2)c1)c1ccc(OCCN2CCCCC2)cc1. The Labute approximate surface area is 170 Å². The van der Waals surface area contributed by atoms with Crippen molar-refractivity contribution in [1.82, 2.24) is 20.3 Å². The highest BCUT2D eigenvalue weighted by Crippen LogP contribution is 2.21. The number of nitrogens with zero attached hydrogens (tertiary/aromatic N) is 3. The highest BCUT2D eigenvalue weighted by Gasteiger charge is 2.10. The zero-order chi connectivity index (χ0) is 19.9. The number of ether oxygens (including phenoxy) is 1. The number of nitrogens with one attached hydrogen (secondary N) is 2. The van der Waals surface area contributed by atoms with Crippen LogP contribution in [0.1, 0.15) is 29.6 Å². The second kappa shape index (κ2) is 9.34. The number of rotatable bonds is 7. The summed E-state index contributed by atoms with van der Waals surface area (Å²) < 4.78 is 5.83. The Kier molecular flexibility index (Phi) is 6.16. The topological polar surface area (TPSA) is 83.1 Å². The minimum Gasteiger partial charge on any atom is -0.492 e. The molecule has 7 heteroatoms.